The van der Waals surface area contributed by atoms with Crippen molar-refractivity contribution in [2.75, 3.05) is 4.90 Å². The Morgan fingerprint density at radius 3 is 2.62 bits per heavy atom. The smallest absolute Gasteiger partial charge is 0.253 e. The van der Waals surface area contributed by atoms with Crippen molar-refractivity contribution in [2.45, 2.75) is 20.4 Å². The minimum atomic E-state index is -0.106. The van der Waals surface area contributed by atoms with Crippen LogP contribution >= 0.6 is 11.3 Å². The number of amides is 1. The van der Waals surface area contributed by atoms with Crippen LogP contribution in [-0.2, 0) is 11.3 Å². The Kier molecular flexibility index (Phi) is 5.49. The monoisotopic (exact) mass is 399 g/mol. The van der Waals surface area contributed by atoms with E-state index in [1.54, 1.807) is 23.4 Å². The van der Waals surface area contributed by atoms with E-state index in [-0.39, 0.29) is 5.91 Å². The number of carbonyl (C=O) groups excluding carboxylic acids is 1. The van der Waals surface area contributed by atoms with E-state index in [0.717, 1.165) is 21.3 Å². The molecule has 2 aromatic heterocycles. The van der Waals surface area contributed by atoms with Gasteiger partial charge in [0, 0.05) is 18.5 Å². The van der Waals surface area contributed by atoms with Crippen LogP contribution in [0.15, 0.2) is 73.1 Å². The number of carbonyl (C=O) groups is 1. The number of pyridine rings is 1. The van der Waals surface area contributed by atoms with Crippen LogP contribution < -0.4 is 4.90 Å². The highest BCUT2D eigenvalue weighted by atomic mass is 32.1. The van der Waals surface area contributed by atoms with Crippen molar-refractivity contribution in [1.29, 1.82) is 0 Å². The van der Waals surface area contributed by atoms with E-state index in [2.05, 4.69) is 31.0 Å². The van der Waals surface area contributed by atoms with E-state index in [1.165, 1.54) is 22.5 Å². The molecule has 0 spiro atoms. The van der Waals surface area contributed by atoms with E-state index in [1.807, 2.05) is 48.5 Å². The van der Waals surface area contributed by atoms with Gasteiger partial charge in [-0.1, -0.05) is 47.7 Å². The van der Waals surface area contributed by atoms with Crippen LogP contribution in [0.5, 0.6) is 0 Å². The van der Waals surface area contributed by atoms with Gasteiger partial charge in [0.15, 0.2) is 5.13 Å². The molecule has 4 nitrogen and oxygen atoms in total. The molecule has 144 valence electrons. The highest BCUT2D eigenvalue weighted by molar-refractivity contribution is 7.22. The van der Waals surface area contributed by atoms with Gasteiger partial charge >= 0.3 is 0 Å². The van der Waals surface area contributed by atoms with E-state index in [4.69, 9.17) is 4.98 Å². The van der Waals surface area contributed by atoms with Gasteiger partial charge in [-0.2, -0.15) is 0 Å². The van der Waals surface area contributed by atoms with Gasteiger partial charge in [-0.3, -0.25) is 14.7 Å². The van der Waals surface area contributed by atoms with Crippen molar-refractivity contribution >= 4 is 38.7 Å². The minimum Gasteiger partial charge on any atom is -0.280 e. The Morgan fingerprint density at radius 2 is 1.86 bits per heavy atom. The number of nitrogens with zero attached hydrogens (tertiary/aromatic N) is 3. The van der Waals surface area contributed by atoms with Crippen LogP contribution in [0, 0.1) is 13.8 Å². The predicted octanol–water partition coefficient (Wildman–Crippen LogP) is 5.55. The summed E-state index contributed by atoms with van der Waals surface area (Å²) in [6.07, 6.45) is 6.95. The summed E-state index contributed by atoms with van der Waals surface area (Å²) in [5.41, 5.74) is 5.28. The van der Waals surface area contributed by atoms with Gasteiger partial charge in [-0.05, 0) is 60.4 Å². The van der Waals surface area contributed by atoms with E-state index < -0.39 is 0 Å². The van der Waals surface area contributed by atoms with Gasteiger partial charge in [0.05, 0.1) is 16.8 Å². The maximum atomic E-state index is 13.1. The summed E-state index contributed by atoms with van der Waals surface area (Å²) in [7, 11) is 0. The molecule has 0 saturated heterocycles. The Bertz CT molecular complexity index is 1130. The van der Waals surface area contributed by atoms with Crippen LogP contribution in [0.3, 0.4) is 0 Å². The maximum Gasteiger partial charge on any atom is 0.253 e. The molecule has 0 atom stereocenters. The number of hydrogen-bond acceptors (Lipinski definition) is 4. The Hall–Kier alpha value is -3.31. The van der Waals surface area contributed by atoms with Crippen molar-refractivity contribution in [3.63, 3.8) is 0 Å². The second-order valence-electron chi connectivity index (χ2n) is 6.93. The molecule has 0 unspecified atom stereocenters. The number of fused-ring (bicyclic) bond motifs is 1. The zero-order valence-electron chi connectivity index (χ0n) is 16.4. The highest BCUT2D eigenvalue weighted by Gasteiger charge is 2.19. The molecule has 2 heterocycles. The summed E-state index contributed by atoms with van der Waals surface area (Å²) < 4.78 is 1.08. The lowest BCUT2D eigenvalue weighted by molar-refractivity contribution is -0.114. The summed E-state index contributed by atoms with van der Waals surface area (Å²) in [5.74, 6) is -0.106. The fourth-order valence-corrected chi connectivity index (χ4v) is 4.07. The third-order valence-electron chi connectivity index (χ3n) is 4.77. The van der Waals surface area contributed by atoms with Gasteiger partial charge < -0.3 is 0 Å². The summed E-state index contributed by atoms with van der Waals surface area (Å²) in [6, 6.07) is 17.9. The third kappa shape index (κ3) is 4.41. The van der Waals surface area contributed by atoms with Crippen molar-refractivity contribution < 1.29 is 4.79 Å². The number of thiazole rings is 1. The zero-order valence-corrected chi connectivity index (χ0v) is 17.2. The summed E-state index contributed by atoms with van der Waals surface area (Å²) >= 11 is 1.54. The first kappa shape index (κ1) is 19.0. The molecular formula is C24H21N3OS. The molecular weight excluding hydrogens is 378 g/mol. The molecule has 0 N–H and O–H groups in total. The standard InChI is InChI=1S/C24H21N3OS/c1-17-13-21-22(14-18(17)2)29-24(26-21)27(16-20-9-6-12-25-15-20)23(28)11-10-19-7-4-3-5-8-19/h3-15H,16H2,1-2H3/b11-10+. The van der Waals surface area contributed by atoms with Crippen LogP contribution in [0.2, 0.25) is 0 Å². The quantitative estimate of drug-likeness (QED) is 0.413. The molecule has 4 rings (SSSR count). The van der Waals surface area contributed by atoms with Crippen LogP contribution in [0.4, 0.5) is 5.13 Å². The van der Waals surface area contributed by atoms with E-state index in [9.17, 15) is 4.79 Å². The molecule has 0 aliphatic rings. The number of aryl methyl sites for hydroxylation is 2. The van der Waals surface area contributed by atoms with Crippen molar-refractivity contribution in [2.24, 2.45) is 0 Å². The first-order valence-corrected chi connectivity index (χ1v) is 10.2. The van der Waals surface area contributed by atoms with Gasteiger partial charge in [0.2, 0.25) is 0 Å². The number of aromatic nitrogens is 2. The van der Waals surface area contributed by atoms with E-state index in [0.29, 0.717) is 11.7 Å². The zero-order chi connectivity index (χ0) is 20.2. The first-order valence-electron chi connectivity index (χ1n) is 9.41. The second kappa shape index (κ2) is 8.37. The average molecular weight is 400 g/mol. The Labute approximate surface area is 174 Å². The molecule has 0 aliphatic heterocycles. The Balaban J connectivity index is 1.70. The summed E-state index contributed by atoms with van der Waals surface area (Å²) in [4.78, 5) is 23.8. The normalized spacial score (nSPS) is 11.2. The number of rotatable bonds is 5. The average Bonchev–Trinajstić information content (AvgIpc) is 3.14. The summed E-state index contributed by atoms with van der Waals surface area (Å²) in [5, 5.41) is 0.691. The van der Waals surface area contributed by atoms with E-state index >= 15 is 0 Å². The molecule has 0 radical (unpaired) electrons. The number of anilines is 1. The maximum absolute atomic E-state index is 13.1. The van der Waals surface area contributed by atoms with Gasteiger partial charge in [-0.25, -0.2) is 4.98 Å². The molecule has 0 aliphatic carbocycles. The number of hydrogen-bond donors (Lipinski definition) is 0. The van der Waals surface area contributed by atoms with Gasteiger partial charge in [-0.15, -0.1) is 0 Å². The fourth-order valence-electron chi connectivity index (χ4n) is 3.02. The lowest BCUT2D eigenvalue weighted by Gasteiger charge is -2.18. The topological polar surface area (TPSA) is 46.1 Å². The van der Waals surface area contributed by atoms with Crippen molar-refractivity contribution in [3.05, 3.63) is 95.3 Å². The van der Waals surface area contributed by atoms with Gasteiger partial charge in [0.1, 0.15) is 0 Å². The number of benzene rings is 2. The van der Waals surface area contributed by atoms with Gasteiger partial charge in [0.25, 0.3) is 5.91 Å². The molecule has 29 heavy (non-hydrogen) atoms. The fraction of sp³-hybridized carbons (Fsp3) is 0.125. The van der Waals surface area contributed by atoms with Crippen LogP contribution in [0.1, 0.15) is 22.3 Å². The van der Waals surface area contributed by atoms with Crippen LogP contribution in [0.25, 0.3) is 16.3 Å². The molecule has 0 saturated carbocycles. The Morgan fingerprint density at radius 1 is 1.07 bits per heavy atom. The van der Waals surface area contributed by atoms with Crippen molar-refractivity contribution in [3.8, 4) is 0 Å². The molecule has 0 fully saturated rings. The lowest BCUT2D eigenvalue weighted by Crippen LogP contribution is -2.28. The molecule has 4 aromatic rings. The second-order valence-corrected chi connectivity index (χ2v) is 7.94. The third-order valence-corrected chi connectivity index (χ3v) is 5.81. The lowest BCUT2D eigenvalue weighted by atomic mass is 10.1. The molecule has 1 amide bonds. The van der Waals surface area contributed by atoms with Crippen molar-refractivity contribution in [1.82, 2.24) is 9.97 Å². The minimum absolute atomic E-state index is 0.106. The van der Waals surface area contributed by atoms with Crippen LogP contribution in [-0.4, -0.2) is 15.9 Å². The highest BCUT2D eigenvalue weighted by Crippen LogP contribution is 2.31. The predicted molar refractivity (Wildman–Crippen MR) is 120 cm³/mol. The molecule has 0 bridgehead atoms. The largest absolute Gasteiger partial charge is 0.280 e. The first-order chi connectivity index (χ1) is 14.1. The molecule has 5 heteroatoms. The SMILES string of the molecule is Cc1cc2nc(N(Cc3cccnc3)C(=O)/C=C/c3ccccc3)sc2cc1C. The summed E-state index contributed by atoms with van der Waals surface area (Å²) in [6.45, 7) is 4.59. The molecule has 2 aromatic carbocycles.